The Balaban J connectivity index is 4.42. The molecule has 0 spiro atoms. The maximum Gasteiger partial charge on any atom is 0.268 e. The van der Waals surface area contributed by atoms with Crippen LogP contribution in [0.15, 0.2) is 36.5 Å². The molecule has 0 heterocycles. The van der Waals surface area contributed by atoms with Crippen LogP contribution in [0, 0.1) is 0 Å². The summed E-state index contributed by atoms with van der Waals surface area (Å²) < 4.78 is 23.2. The van der Waals surface area contributed by atoms with Gasteiger partial charge in [0.1, 0.15) is 13.2 Å². The van der Waals surface area contributed by atoms with Crippen LogP contribution < -0.4 is 10.2 Å². The lowest BCUT2D eigenvalue weighted by atomic mass is 10.0. The molecule has 0 aliphatic rings. The highest BCUT2D eigenvalue weighted by molar-refractivity contribution is 7.45. The number of aliphatic hydroxyl groups excluding tert-OH is 1. The molecule has 0 bridgehead atoms. The summed E-state index contributed by atoms with van der Waals surface area (Å²) in [5.74, 6) is -0.210. The van der Waals surface area contributed by atoms with Crippen molar-refractivity contribution in [2.24, 2.45) is 0 Å². The molecule has 1 amide bonds. The zero-order valence-electron chi connectivity index (χ0n) is 38.8. The standard InChI is InChI=1S/C49H95N2O6P/c1-6-8-10-12-14-16-18-20-22-23-24-25-26-27-29-30-32-34-36-38-40-42-48(52)47(46-57-58(54,55)56-45-44-51(3,4)5)50-49(53)43-41-39-37-35-33-31-28-21-19-17-15-13-11-9-7-2/h26-27,32,34,40,42,47-48,52H,6-25,28-31,33,35-39,41,43-46H2,1-5H3,(H-,50,53,54,55)/b27-26+,34-32+,42-40+. The number of amides is 1. The largest absolute Gasteiger partial charge is 0.756 e. The van der Waals surface area contributed by atoms with E-state index in [1.54, 1.807) is 6.08 Å². The van der Waals surface area contributed by atoms with Gasteiger partial charge in [0.05, 0.1) is 39.9 Å². The van der Waals surface area contributed by atoms with Gasteiger partial charge in [-0.15, -0.1) is 0 Å². The van der Waals surface area contributed by atoms with Crippen LogP contribution in [0.2, 0.25) is 0 Å². The smallest absolute Gasteiger partial charge is 0.268 e. The third kappa shape index (κ3) is 42.8. The van der Waals surface area contributed by atoms with Crippen LogP contribution in [0.25, 0.3) is 0 Å². The first-order valence-corrected chi connectivity index (χ1v) is 25.8. The molecule has 0 saturated heterocycles. The van der Waals surface area contributed by atoms with Crippen LogP contribution >= 0.6 is 7.82 Å². The van der Waals surface area contributed by atoms with Gasteiger partial charge in [-0.05, 0) is 44.9 Å². The molecule has 0 radical (unpaired) electrons. The molecule has 0 rings (SSSR count). The van der Waals surface area contributed by atoms with Gasteiger partial charge < -0.3 is 28.8 Å². The maximum absolute atomic E-state index is 12.9. The fourth-order valence-corrected chi connectivity index (χ4v) is 7.67. The van der Waals surface area contributed by atoms with Crippen LogP contribution in [0.4, 0.5) is 0 Å². The lowest BCUT2D eigenvalue weighted by Gasteiger charge is -2.29. The van der Waals surface area contributed by atoms with Crippen LogP contribution in [0.1, 0.15) is 219 Å². The van der Waals surface area contributed by atoms with E-state index < -0.39 is 26.6 Å². The molecule has 3 atom stereocenters. The van der Waals surface area contributed by atoms with Gasteiger partial charge in [0.15, 0.2) is 0 Å². The second-order valence-electron chi connectivity index (χ2n) is 17.8. The number of nitrogens with zero attached hydrogens (tertiary/aromatic N) is 1. The summed E-state index contributed by atoms with van der Waals surface area (Å²) >= 11 is 0. The number of carbonyl (C=O) groups is 1. The Labute approximate surface area is 359 Å². The topological polar surface area (TPSA) is 108 Å². The molecule has 0 aliphatic heterocycles. The minimum Gasteiger partial charge on any atom is -0.756 e. The van der Waals surface area contributed by atoms with Crippen molar-refractivity contribution in [1.29, 1.82) is 0 Å². The molecule has 342 valence electrons. The van der Waals surface area contributed by atoms with E-state index in [9.17, 15) is 19.4 Å². The van der Waals surface area contributed by atoms with Gasteiger partial charge in [0.2, 0.25) is 5.91 Å². The lowest BCUT2D eigenvalue weighted by Crippen LogP contribution is -2.45. The summed E-state index contributed by atoms with van der Waals surface area (Å²) in [6.45, 7) is 4.63. The van der Waals surface area contributed by atoms with Crippen LogP contribution in [0.3, 0.4) is 0 Å². The number of hydrogen-bond donors (Lipinski definition) is 2. The number of unbranched alkanes of at least 4 members (excludes halogenated alkanes) is 27. The number of phosphoric ester groups is 1. The van der Waals surface area contributed by atoms with E-state index >= 15 is 0 Å². The number of phosphoric acid groups is 1. The van der Waals surface area contributed by atoms with Gasteiger partial charge in [-0.1, -0.05) is 204 Å². The fourth-order valence-electron chi connectivity index (χ4n) is 6.95. The second-order valence-corrected chi connectivity index (χ2v) is 19.2. The Morgan fingerprint density at radius 3 is 1.40 bits per heavy atom. The van der Waals surface area contributed by atoms with E-state index in [1.807, 2.05) is 27.2 Å². The summed E-state index contributed by atoms with van der Waals surface area (Å²) in [5, 5.41) is 13.8. The molecule has 3 unspecified atom stereocenters. The molecule has 0 fully saturated rings. The molecule has 0 aromatic rings. The van der Waals surface area contributed by atoms with Gasteiger partial charge in [0.25, 0.3) is 7.82 Å². The fraction of sp³-hybridized carbons (Fsp3) is 0.857. The van der Waals surface area contributed by atoms with Gasteiger partial charge in [-0.25, -0.2) is 0 Å². The SMILES string of the molecule is CCCCCCCCCCCCC/C=C/CC/C=C/CC/C=C/C(O)C(COP(=O)([O-])OCC[N+](C)(C)C)NC(=O)CCCCCCCCCCCCCCCCC. The minimum atomic E-state index is -4.60. The molecule has 0 aliphatic carbocycles. The van der Waals surface area contributed by atoms with Crippen molar-refractivity contribution in [3.63, 3.8) is 0 Å². The molecule has 0 saturated carbocycles. The molecule has 0 aromatic heterocycles. The zero-order chi connectivity index (χ0) is 42.8. The number of nitrogens with one attached hydrogen (secondary N) is 1. The number of quaternary nitrogens is 1. The average molecular weight is 839 g/mol. The van der Waals surface area contributed by atoms with E-state index in [0.717, 1.165) is 44.9 Å². The predicted molar refractivity (Wildman–Crippen MR) is 247 cm³/mol. The van der Waals surface area contributed by atoms with Gasteiger partial charge in [-0.2, -0.15) is 0 Å². The van der Waals surface area contributed by atoms with Gasteiger partial charge in [0, 0.05) is 6.42 Å². The number of hydrogen-bond acceptors (Lipinski definition) is 6. The first-order chi connectivity index (χ1) is 28.0. The molecular weight excluding hydrogens is 744 g/mol. The Morgan fingerprint density at radius 1 is 0.586 bits per heavy atom. The first-order valence-electron chi connectivity index (χ1n) is 24.4. The summed E-state index contributed by atoms with van der Waals surface area (Å²) in [5.41, 5.74) is 0. The van der Waals surface area contributed by atoms with Gasteiger partial charge >= 0.3 is 0 Å². The van der Waals surface area contributed by atoms with Crippen LogP contribution in [-0.2, 0) is 18.4 Å². The quantitative estimate of drug-likeness (QED) is 0.0274. The van der Waals surface area contributed by atoms with Gasteiger partial charge in [-0.3, -0.25) is 9.36 Å². The highest BCUT2D eigenvalue weighted by atomic mass is 31.2. The van der Waals surface area contributed by atoms with Crippen molar-refractivity contribution in [1.82, 2.24) is 5.32 Å². The number of carbonyl (C=O) groups excluding carboxylic acids is 1. The highest BCUT2D eigenvalue weighted by Crippen LogP contribution is 2.38. The Morgan fingerprint density at radius 2 is 0.966 bits per heavy atom. The second kappa shape index (κ2) is 41.1. The van der Waals surface area contributed by atoms with Crippen molar-refractivity contribution >= 4 is 13.7 Å². The van der Waals surface area contributed by atoms with Crippen LogP contribution in [-0.4, -0.2) is 68.5 Å². The Bertz CT molecular complexity index is 1040. The number of aliphatic hydroxyl groups is 1. The number of allylic oxidation sites excluding steroid dienone is 5. The molecule has 9 heteroatoms. The van der Waals surface area contributed by atoms with E-state index in [2.05, 4.69) is 43.5 Å². The monoisotopic (exact) mass is 839 g/mol. The molecule has 0 aromatic carbocycles. The summed E-state index contributed by atoms with van der Waals surface area (Å²) in [4.78, 5) is 25.3. The number of rotatable bonds is 44. The Kier molecular flexibility index (Phi) is 40.2. The van der Waals surface area contributed by atoms with E-state index in [1.165, 1.54) is 154 Å². The van der Waals surface area contributed by atoms with Crippen molar-refractivity contribution in [2.45, 2.75) is 231 Å². The number of likely N-dealkylation sites (N-methyl/N-ethyl adjacent to an activating group) is 1. The minimum absolute atomic E-state index is 0.00774. The molecule has 8 nitrogen and oxygen atoms in total. The normalized spacial score (nSPS) is 14.5. The lowest BCUT2D eigenvalue weighted by molar-refractivity contribution is -0.870. The van der Waals surface area contributed by atoms with E-state index in [4.69, 9.17) is 9.05 Å². The third-order valence-corrected chi connectivity index (χ3v) is 11.8. The summed E-state index contributed by atoms with van der Waals surface area (Å²) in [6, 6.07) is -0.906. The van der Waals surface area contributed by atoms with Crippen molar-refractivity contribution < 1.29 is 32.9 Å². The third-order valence-electron chi connectivity index (χ3n) is 10.8. The predicted octanol–water partition coefficient (Wildman–Crippen LogP) is 13.2. The zero-order valence-corrected chi connectivity index (χ0v) is 39.6. The van der Waals surface area contributed by atoms with Crippen LogP contribution in [0.5, 0.6) is 0 Å². The summed E-state index contributed by atoms with van der Waals surface area (Å²) in [6.07, 6.45) is 50.6. The Hall–Kier alpha value is -1.28. The molecular formula is C49H95N2O6P. The highest BCUT2D eigenvalue weighted by Gasteiger charge is 2.23. The maximum atomic E-state index is 12.9. The molecule has 58 heavy (non-hydrogen) atoms. The first kappa shape index (κ1) is 56.7. The average Bonchev–Trinajstić information content (AvgIpc) is 3.17. The van der Waals surface area contributed by atoms with Crippen molar-refractivity contribution in [3.8, 4) is 0 Å². The van der Waals surface area contributed by atoms with Crippen molar-refractivity contribution in [3.05, 3.63) is 36.5 Å². The molecule has 2 N–H and O–H groups in total. The van der Waals surface area contributed by atoms with E-state index in [0.29, 0.717) is 17.4 Å². The van der Waals surface area contributed by atoms with Crippen molar-refractivity contribution in [2.75, 3.05) is 40.9 Å². The van der Waals surface area contributed by atoms with E-state index in [-0.39, 0.29) is 12.5 Å². The summed E-state index contributed by atoms with van der Waals surface area (Å²) in [7, 11) is 1.24.